The highest BCUT2D eigenvalue weighted by Gasteiger charge is 2.19. The van der Waals surface area contributed by atoms with Gasteiger partial charge in [0.1, 0.15) is 17.7 Å². The Morgan fingerprint density at radius 2 is 2.03 bits per heavy atom. The number of likely N-dealkylation sites (N-methyl/N-ethyl adjacent to an activating group) is 1. The molecule has 0 spiro atoms. The maximum Gasteiger partial charge on any atom is 0.253 e. The van der Waals surface area contributed by atoms with Crippen LogP contribution in [0.5, 0.6) is 5.75 Å². The molecule has 8 heteroatoms. The van der Waals surface area contributed by atoms with E-state index < -0.39 is 0 Å². The van der Waals surface area contributed by atoms with Crippen LogP contribution >= 0.6 is 0 Å². The number of nitrogens with one attached hydrogen (secondary N) is 1. The van der Waals surface area contributed by atoms with E-state index in [9.17, 15) is 4.79 Å². The number of carbonyl (C=O) groups excluding carboxylic acids is 1. The largest absolute Gasteiger partial charge is 0.489 e. The highest BCUT2D eigenvalue weighted by Crippen LogP contribution is 2.27. The van der Waals surface area contributed by atoms with Crippen LogP contribution in [0.2, 0.25) is 0 Å². The molecule has 3 aromatic rings. The summed E-state index contributed by atoms with van der Waals surface area (Å²) in [4.78, 5) is 23.2. The van der Waals surface area contributed by atoms with Crippen LogP contribution in [0.3, 0.4) is 0 Å². The second-order valence-corrected chi connectivity index (χ2v) is 8.13. The van der Waals surface area contributed by atoms with Crippen molar-refractivity contribution in [1.82, 2.24) is 24.6 Å². The Morgan fingerprint density at radius 3 is 2.74 bits per heavy atom. The van der Waals surface area contributed by atoms with Crippen molar-refractivity contribution in [3.05, 3.63) is 47.8 Å². The van der Waals surface area contributed by atoms with Crippen LogP contribution in [0.1, 0.15) is 31.2 Å². The molecule has 1 aliphatic rings. The molecule has 1 amide bonds. The molecular weight excluding hydrogens is 392 g/mol. The molecule has 0 bridgehead atoms. The lowest BCUT2D eigenvalue weighted by Gasteiger charge is -2.30. The number of piperidine rings is 1. The zero-order chi connectivity index (χ0) is 22.0. The molecule has 4 rings (SSSR count). The molecule has 1 saturated heterocycles. The molecule has 1 N–H and O–H groups in total. The van der Waals surface area contributed by atoms with Gasteiger partial charge in [0.2, 0.25) is 5.91 Å². The Bertz CT molecular complexity index is 1090. The zero-order valence-corrected chi connectivity index (χ0v) is 18.4. The molecule has 8 nitrogen and oxygen atoms in total. The minimum absolute atomic E-state index is 0.180. The van der Waals surface area contributed by atoms with Gasteiger partial charge < -0.3 is 15.0 Å². The molecule has 1 aliphatic heterocycles. The molecule has 0 saturated carbocycles. The van der Waals surface area contributed by atoms with Gasteiger partial charge in [-0.3, -0.25) is 4.79 Å². The van der Waals surface area contributed by atoms with E-state index in [2.05, 4.69) is 27.3 Å². The molecule has 0 aliphatic carbocycles. The number of amides is 1. The SMILES string of the molecule is CC(=O)Nc1cc(-c2cccc(OC3CCCN(C)C3)c2)nc(-n2nc(C)cc2C)n1. The zero-order valence-electron chi connectivity index (χ0n) is 18.4. The standard InChI is InChI=1S/C23H28N6O2/c1-15-11-16(2)29(27-15)23-25-21(13-22(26-23)24-17(3)30)18-7-5-8-19(12-18)31-20-9-6-10-28(4)14-20/h5,7-8,11-13,20H,6,9-10,14H2,1-4H3,(H,24,25,26,30). The molecule has 1 unspecified atom stereocenters. The number of carbonyl (C=O) groups is 1. The van der Waals surface area contributed by atoms with Gasteiger partial charge in [0.05, 0.1) is 11.4 Å². The second-order valence-electron chi connectivity index (χ2n) is 8.13. The summed E-state index contributed by atoms with van der Waals surface area (Å²) in [5.41, 5.74) is 3.37. The third-order valence-electron chi connectivity index (χ3n) is 5.23. The summed E-state index contributed by atoms with van der Waals surface area (Å²) in [6.07, 6.45) is 2.37. The molecule has 3 heterocycles. The van der Waals surface area contributed by atoms with E-state index in [0.717, 1.165) is 48.6 Å². The summed E-state index contributed by atoms with van der Waals surface area (Å²) in [6, 6.07) is 11.6. The summed E-state index contributed by atoms with van der Waals surface area (Å²) < 4.78 is 7.93. The van der Waals surface area contributed by atoms with E-state index in [1.54, 1.807) is 10.7 Å². The van der Waals surface area contributed by atoms with Crippen LogP contribution in [0, 0.1) is 13.8 Å². The Hall–Kier alpha value is -3.26. The van der Waals surface area contributed by atoms with E-state index in [1.165, 1.54) is 6.92 Å². The Morgan fingerprint density at radius 1 is 1.19 bits per heavy atom. The van der Waals surface area contributed by atoms with Crippen LogP contribution < -0.4 is 10.1 Å². The van der Waals surface area contributed by atoms with Gasteiger partial charge in [-0.2, -0.15) is 10.1 Å². The Labute approximate surface area is 182 Å². The highest BCUT2D eigenvalue weighted by molar-refractivity contribution is 5.88. The van der Waals surface area contributed by atoms with Gasteiger partial charge in [-0.25, -0.2) is 9.67 Å². The fraction of sp³-hybridized carbons (Fsp3) is 0.391. The quantitative estimate of drug-likeness (QED) is 0.681. The van der Waals surface area contributed by atoms with Crippen molar-refractivity contribution in [1.29, 1.82) is 0 Å². The average molecular weight is 421 g/mol. The molecule has 1 aromatic carbocycles. The monoisotopic (exact) mass is 420 g/mol. The van der Waals surface area contributed by atoms with Crippen molar-refractivity contribution in [3.63, 3.8) is 0 Å². The topological polar surface area (TPSA) is 85.2 Å². The number of aromatic nitrogens is 4. The van der Waals surface area contributed by atoms with Crippen LogP contribution in [0.15, 0.2) is 36.4 Å². The maximum atomic E-state index is 11.7. The van der Waals surface area contributed by atoms with E-state index in [4.69, 9.17) is 9.72 Å². The molecule has 0 radical (unpaired) electrons. The number of anilines is 1. The van der Waals surface area contributed by atoms with Crippen molar-refractivity contribution < 1.29 is 9.53 Å². The van der Waals surface area contributed by atoms with Gasteiger partial charge in [-0.05, 0) is 58.5 Å². The molecule has 162 valence electrons. The molecule has 2 aromatic heterocycles. The van der Waals surface area contributed by atoms with E-state index in [1.807, 2.05) is 44.2 Å². The number of aryl methyl sites for hydroxylation is 2. The number of likely N-dealkylation sites (tertiary alicyclic amines) is 1. The lowest BCUT2D eigenvalue weighted by atomic mass is 10.1. The van der Waals surface area contributed by atoms with Gasteiger partial charge in [0, 0.05) is 30.8 Å². The van der Waals surface area contributed by atoms with Gasteiger partial charge >= 0.3 is 0 Å². The average Bonchev–Trinajstić information content (AvgIpc) is 3.05. The Balaban J connectivity index is 1.68. The van der Waals surface area contributed by atoms with E-state index in [-0.39, 0.29) is 12.0 Å². The maximum absolute atomic E-state index is 11.7. The number of rotatable bonds is 5. The highest BCUT2D eigenvalue weighted by atomic mass is 16.5. The first kappa shape index (κ1) is 21.0. The fourth-order valence-electron chi connectivity index (χ4n) is 3.89. The molecular formula is C23H28N6O2. The predicted octanol–water partition coefficient (Wildman–Crippen LogP) is 3.38. The van der Waals surface area contributed by atoms with Gasteiger partial charge in [0.25, 0.3) is 5.95 Å². The van der Waals surface area contributed by atoms with Gasteiger partial charge in [-0.15, -0.1) is 0 Å². The van der Waals surface area contributed by atoms with Crippen molar-refractivity contribution >= 4 is 11.7 Å². The number of nitrogens with zero attached hydrogens (tertiary/aromatic N) is 5. The van der Waals surface area contributed by atoms with Crippen LogP contribution in [-0.2, 0) is 4.79 Å². The van der Waals surface area contributed by atoms with Crippen molar-refractivity contribution in [2.24, 2.45) is 0 Å². The third-order valence-corrected chi connectivity index (χ3v) is 5.23. The fourth-order valence-corrected chi connectivity index (χ4v) is 3.89. The summed E-state index contributed by atoms with van der Waals surface area (Å²) in [6.45, 7) is 7.37. The van der Waals surface area contributed by atoms with E-state index in [0.29, 0.717) is 17.5 Å². The van der Waals surface area contributed by atoms with Crippen LogP contribution in [-0.4, -0.2) is 56.8 Å². The number of hydrogen-bond acceptors (Lipinski definition) is 6. The lowest BCUT2D eigenvalue weighted by molar-refractivity contribution is -0.114. The first-order chi connectivity index (χ1) is 14.9. The predicted molar refractivity (Wildman–Crippen MR) is 120 cm³/mol. The minimum Gasteiger partial charge on any atom is -0.489 e. The van der Waals surface area contributed by atoms with Crippen LogP contribution in [0.4, 0.5) is 5.82 Å². The first-order valence-corrected chi connectivity index (χ1v) is 10.5. The lowest BCUT2D eigenvalue weighted by Crippen LogP contribution is -2.38. The van der Waals surface area contributed by atoms with Crippen molar-refractivity contribution in [2.45, 2.75) is 39.7 Å². The number of benzene rings is 1. The molecule has 1 atom stereocenters. The number of hydrogen-bond donors (Lipinski definition) is 1. The summed E-state index contributed by atoms with van der Waals surface area (Å²) >= 11 is 0. The molecule has 31 heavy (non-hydrogen) atoms. The van der Waals surface area contributed by atoms with Crippen molar-refractivity contribution in [3.8, 4) is 23.0 Å². The van der Waals surface area contributed by atoms with Gasteiger partial charge in [0.15, 0.2) is 0 Å². The number of ether oxygens (including phenoxy) is 1. The summed E-state index contributed by atoms with van der Waals surface area (Å²) in [5.74, 6) is 1.46. The second kappa shape index (κ2) is 8.85. The summed E-state index contributed by atoms with van der Waals surface area (Å²) in [7, 11) is 2.12. The molecule has 1 fully saturated rings. The normalized spacial score (nSPS) is 16.8. The van der Waals surface area contributed by atoms with E-state index >= 15 is 0 Å². The third kappa shape index (κ3) is 5.08. The minimum atomic E-state index is -0.192. The van der Waals surface area contributed by atoms with Gasteiger partial charge in [-0.1, -0.05) is 12.1 Å². The Kier molecular flexibility index (Phi) is 5.99. The smallest absolute Gasteiger partial charge is 0.253 e. The first-order valence-electron chi connectivity index (χ1n) is 10.5. The van der Waals surface area contributed by atoms with Crippen molar-refractivity contribution in [2.75, 3.05) is 25.5 Å². The summed E-state index contributed by atoms with van der Waals surface area (Å²) in [5, 5.41) is 7.26. The van der Waals surface area contributed by atoms with Crippen LogP contribution in [0.25, 0.3) is 17.2 Å².